The van der Waals surface area contributed by atoms with E-state index >= 15 is 0 Å². The number of benzene rings is 2. The summed E-state index contributed by atoms with van der Waals surface area (Å²) >= 11 is 0. The van der Waals surface area contributed by atoms with E-state index in [9.17, 15) is 8.42 Å². The third-order valence-electron chi connectivity index (χ3n) is 5.58. The molecule has 164 valence electrons. The van der Waals surface area contributed by atoms with Gasteiger partial charge in [0.25, 0.3) is 0 Å². The Hall–Kier alpha value is -2.91. The maximum absolute atomic E-state index is 13.0. The summed E-state index contributed by atoms with van der Waals surface area (Å²) in [5.41, 5.74) is 1.60. The van der Waals surface area contributed by atoms with Gasteiger partial charge in [-0.25, -0.2) is 8.42 Å². The quantitative estimate of drug-likeness (QED) is 0.574. The van der Waals surface area contributed by atoms with Crippen LogP contribution in [0, 0.1) is 6.92 Å². The Balaban J connectivity index is 1.44. The topological polar surface area (TPSA) is 94.8 Å². The molecule has 3 aromatic rings. The third-order valence-corrected chi connectivity index (χ3v) is 7.48. The van der Waals surface area contributed by atoms with E-state index in [-0.39, 0.29) is 10.8 Å². The van der Waals surface area contributed by atoms with E-state index in [1.807, 2.05) is 31.2 Å². The summed E-state index contributed by atoms with van der Waals surface area (Å²) in [4.78, 5) is 0.281. The number of aryl methyl sites for hydroxylation is 1. The van der Waals surface area contributed by atoms with E-state index in [0.717, 1.165) is 16.9 Å². The summed E-state index contributed by atoms with van der Waals surface area (Å²) in [5, 5.41) is 8.36. The van der Waals surface area contributed by atoms with Crippen LogP contribution in [0.15, 0.2) is 51.8 Å². The Morgan fingerprint density at radius 2 is 1.71 bits per heavy atom. The monoisotopic (exact) mass is 443 g/mol. The zero-order chi connectivity index (χ0) is 22.0. The van der Waals surface area contributed by atoms with E-state index in [1.165, 1.54) is 4.31 Å². The number of hydrogen-bond acceptors (Lipinski definition) is 7. The molecule has 0 N–H and O–H groups in total. The van der Waals surface area contributed by atoms with Gasteiger partial charge in [-0.2, -0.15) is 4.31 Å². The molecule has 1 aliphatic rings. The van der Waals surface area contributed by atoms with Crippen molar-refractivity contribution in [3.8, 4) is 23.0 Å². The van der Waals surface area contributed by atoms with Gasteiger partial charge in [-0.3, -0.25) is 0 Å². The fraction of sp³-hybridized carbons (Fsp3) is 0.364. The summed E-state index contributed by atoms with van der Waals surface area (Å²) in [6.07, 6.45) is 1.25. The zero-order valence-electron chi connectivity index (χ0n) is 17.7. The van der Waals surface area contributed by atoms with Crippen LogP contribution in [-0.4, -0.2) is 50.2 Å². The normalized spacial score (nSPS) is 15.7. The largest absolute Gasteiger partial charge is 0.497 e. The smallest absolute Gasteiger partial charge is 0.247 e. The summed E-state index contributed by atoms with van der Waals surface area (Å²) in [6, 6.07) is 12.3. The number of hydrogen-bond donors (Lipinski definition) is 0. The van der Waals surface area contributed by atoms with Crippen LogP contribution >= 0.6 is 0 Å². The first-order valence-electron chi connectivity index (χ1n) is 10.0. The second-order valence-electron chi connectivity index (χ2n) is 7.48. The highest BCUT2D eigenvalue weighted by atomic mass is 32.2. The first-order chi connectivity index (χ1) is 14.9. The third kappa shape index (κ3) is 4.28. The molecule has 1 fully saturated rings. The Morgan fingerprint density at radius 3 is 2.32 bits per heavy atom. The molecule has 9 heteroatoms. The van der Waals surface area contributed by atoms with Gasteiger partial charge < -0.3 is 13.9 Å². The average Bonchev–Trinajstić information content (AvgIpc) is 3.29. The van der Waals surface area contributed by atoms with Gasteiger partial charge in [0.2, 0.25) is 21.8 Å². The van der Waals surface area contributed by atoms with Crippen LogP contribution in [0.3, 0.4) is 0 Å². The molecule has 31 heavy (non-hydrogen) atoms. The van der Waals surface area contributed by atoms with Crippen molar-refractivity contribution in [2.24, 2.45) is 0 Å². The van der Waals surface area contributed by atoms with Gasteiger partial charge in [-0.05, 0) is 67.8 Å². The summed E-state index contributed by atoms with van der Waals surface area (Å²) < 4.78 is 43.9. The van der Waals surface area contributed by atoms with Crippen LogP contribution in [0.25, 0.3) is 11.5 Å². The highest BCUT2D eigenvalue weighted by molar-refractivity contribution is 7.89. The molecule has 4 rings (SSSR count). The van der Waals surface area contributed by atoms with Crippen LogP contribution in [0.4, 0.5) is 0 Å². The number of nitrogens with zero attached hydrogens (tertiary/aromatic N) is 3. The van der Waals surface area contributed by atoms with Crippen molar-refractivity contribution in [2.75, 3.05) is 27.3 Å². The van der Waals surface area contributed by atoms with Crippen molar-refractivity contribution in [3.05, 3.63) is 53.9 Å². The first-order valence-corrected chi connectivity index (χ1v) is 11.5. The molecule has 0 atom stereocenters. The van der Waals surface area contributed by atoms with E-state index in [0.29, 0.717) is 43.5 Å². The maximum Gasteiger partial charge on any atom is 0.247 e. The van der Waals surface area contributed by atoms with Gasteiger partial charge >= 0.3 is 0 Å². The molecular formula is C22H25N3O5S. The molecule has 8 nitrogen and oxygen atoms in total. The highest BCUT2D eigenvalue weighted by Gasteiger charge is 2.32. The molecule has 2 heterocycles. The lowest BCUT2D eigenvalue weighted by Crippen LogP contribution is -2.38. The Kier molecular flexibility index (Phi) is 5.97. The maximum atomic E-state index is 13.0. The molecule has 0 amide bonds. The molecule has 0 saturated carbocycles. The van der Waals surface area contributed by atoms with E-state index in [1.54, 1.807) is 32.4 Å². The zero-order valence-corrected chi connectivity index (χ0v) is 18.6. The first kappa shape index (κ1) is 21.3. The lowest BCUT2D eigenvalue weighted by atomic mass is 9.98. The SMILES string of the molecule is COc1ccc(-c2nnc(C3CCN(S(=O)(=O)c4ccc(OC)c(C)c4)CC3)o2)cc1. The molecular weight excluding hydrogens is 418 g/mol. The second kappa shape index (κ2) is 8.68. The van der Waals surface area contributed by atoms with Crippen molar-refractivity contribution in [1.82, 2.24) is 14.5 Å². The van der Waals surface area contributed by atoms with Crippen molar-refractivity contribution in [3.63, 3.8) is 0 Å². The van der Waals surface area contributed by atoms with E-state index in [4.69, 9.17) is 13.9 Å². The van der Waals surface area contributed by atoms with Gasteiger partial charge in [-0.15, -0.1) is 10.2 Å². The van der Waals surface area contributed by atoms with Crippen LogP contribution in [-0.2, 0) is 10.0 Å². The second-order valence-corrected chi connectivity index (χ2v) is 9.42. The highest BCUT2D eigenvalue weighted by Crippen LogP contribution is 2.32. The Bertz CT molecular complexity index is 1150. The van der Waals surface area contributed by atoms with Crippen molar-refractivity contribution in [1.29, 1.82) is 0 Å². The van der Waals surface area contributed by atoms with Crippen LogP contribution in [0.2, 0.25) is 0 Å². The van der Waals surface area contributed by atoms with Gasteiger partial charge in [0.05, 0.1) is 19.1 Å². The molecule has 1 saturated heterocycles. The molecule has 2 aromatic carbocycles. The van der Waals surface area contributed by atoms with Gasteiger partial charge in [0.15, 0.2) is 0 Å². The number of ether oxygens (including phenoxy) is 2. The number of piperidine rings is 1. The van der Waals surface area contributed by atoms with Crippen molar-refractivity contribution >= 4 is 10.0 Å². The molecule has 0 aliphatic carbocycles. The molecule has 0 unspecified atom stereocenters. The van der Waals surface area contributed by atoms with E-state index < -0.39 is 10.0 Å². The molecule has 0 bridgehead atoms. The Morgan fingerprint density at radius 1 is 1.00 bits per heavy atom. The van der Waals surface area contributed by atoms with Gasteiger partial charge in [0, 0.05) is 24.6 Å². The molecule has 0 radical (unpaired) electrons. The number of rotatable bonds is 6. The van der Waals surface area contributed by atoms with Crippen LogP contribution in [0.5, 0.6) is 11.5 Å². The predicted octanol–water partition coefficient (Wildman–Crippen LogP) is 3.63. The lowest BCUT2D eigenvalue weighted by Gasteiger charge is -2.29. The summed E-state index contributed by atoms with van der Waals surface area (Å²) in [5.74, 6) is 2.44. The average molecular weight is 444 g/mol. The fourth-order valence-electron chi connectivity index (χ4n) is 3.75. The number of methoxy groups -OCH3 is 2. The summed E-state index contributed by atoms with van der Waals surface area (Å²) in [6.45, 7) is 2.64. The van der Waals surface area contributed by atoms with Gasteiger partial charge in [-0.1, -0.05) is 0 Å². The number of sulfonamides is 1. The van der Waals surface area contributed by atoms with Crippen LogP contribution < -0.4 is 9.47 Å². The minimum atomic E-state index is -3.56. The standard InChI is InChI=1S/C22H25N3O5S/c1-15-14-19(8-9-20(15)29-3)31(26,27)25-12-10-17(11-13-25)22-24-23-21(30-22)16-4-6-18(28-2)7-5-16/h4-9,14,17H,10-13H2,1-3H3. The minimum Gasteiger partial charge on any atom is -0.497 e. The Labute approximate surface area is 181 Å². The lowest BCUT2D eigenvalue weighted by molar-refractivity contribution is 0.291. The van der Waals surface area contributed by atoms with Crippen molar-refractivity contribution in [2.45, 2.75) is 30.6 Å². The van der Waals surface area contributed by atoms with Gasteiger partial charge in [0.1, 0.15) is 11.5 Å². The summed E-state index contributed by atoms with van der Waals surface area (Å²) in [7, 11) is -0.379. The molecule has 1 aliphatic heterocycles. The molecule has 0 spiro atoms. The van der Waals surface area contributed by atoms with Crippen molar-refractivity contribution < 1.29 is 22.3 Å². The fourth-order valence-corrected chi connectivity index (χ4v) is 5.31. The predicted molar refractivity (Wildman–Crippen MR) is 115 cm³/mol. The van der Waals surface area contributed by atoms with Crippen LogP contribution in [0.1, 0.15) is 30.2 Å². The minimum absolute atomic E-state index is 0.0311. The molecule has 1 aromatic heterocycles. The number of aromatic nitrogens is 2. The van der Waals surface area contributed by atoms with E-state index in [2.05, 4.69) is 10.2 Å².